The maximum Gasteiger partial charge on any atom is 0.417 e. The number of nitrogens with one attached hydrogen (secondary N) is 2. The van der Waals surface area contributed by atoms with Gasteiger partial charge >= 0.3 is 5.76 Å². The van der Waals surface area contributed by atoms with Crippen LogP contribution in [0.3, 0.4) is 0 Å². The quantitative estimate of drug-likeness (QED) is 0.683. The molecular weight excluding hydrogens is 170 g/mol. The molecule has 0 amide bonds. The summed E-state index contributed by atoms with van der Waals surface area (Å²) in [6.45, 7) is 0.310. The number of fused-ring (bicyclic) bond motifs is 1. The largest absolute Gasteiger partial charge is 0.417 e. The van der Waals surface area contributed by atoms with Crippen molar-refractivity contribution in [2.24, 2.45) is 5.11 Å². The summed E-state index contributed by atoms with van der Waals surface area (Å²) >= 11 is 0. The normalized spacial score (nSPS) is 10.5. The second-order valence-electron chi connectivity index (χ2n) is 2.66. The Balaban J connectivity index is 2.60. The molecule has 0 unspecified atom stereocenters. The Labute approximate surface area is 72.9 Å². The zero-order valence-electron chi connectivity index (χ0n) is 6.70. The molecule has 0 saturated carbocycles. The molecule has 0 aliphatic carbocycles. The van der Waals surface area contributed by atoms with Crippen molar-refractivity contribution in [2.75, 3.05) is 0 Å². The number of benzene rings is 1. The number of aromatic nitrogens is 1. The van der Waals surface area contributed by atoms with Gasteiger partial charge in [0.25, 0.3) is 0 Å². The van der Waals surface area contributed by atoms with Crippen molar-refractivity contribution in [2.45, 2.75) is 6.54 Å². The van der Waals surface area contributed by atoms with Gasteiger partial charge in [0, 0.05) is 0 Å². The summed E-state index contributed by atoms with van der Waals surface area (Å²) in [6.07, 6.45) is 0. The van der Waals surface area contributed by atoms with Gasteiger partial charge in [-0.1, -0.05) is 6.07 Å². The van der Waals surface area contributed by atoms with Gasteiger partial charge in [-0.05, 0) is 17.7 Å². The van der Waals surface area contributed by atoms with E-state index in [1.54, 1.807) is 18.2 Å². The summed E-state index contributed by atoms with van der Waals surface area (Å²) in [5.41, 5.74) is 8.70. The van der Waals surface area contributed by atoms with E-state index in [1.807, 2.05) is 0 Å². The standard InChI is InChI=1S/C8H7N3O2/c9-10-4-5-1-2-6-7(3-5)13-8(12)11-6/h1-3,9H,4H2,(H,11,12). The number of H-pyrrole nitrogens is 1. The number of hydrogen-bond donors (Lipinski definition) is 2. The van der Waals surface area contributed by atoms with Crippen LogP contribution in [0.5, 0.6) is 0 Å². The third-order valence-electron chi connectivity index (χ3n) is 1.75. The first kappa shape index (κ1) is 7.72. The van der Waals surface area contributed by atoms with Crippen LogP contribution in [0.25, 0.3) is 11.1 Å². The molecule has 1 heterocycles. The Hall–Kier alpha value is -1.91. The molecule has 5 heteroatoms. The number of nitrogens with zero attached hydrogens (tertiary/aromatic N) is 1. The summed E-state index contributed by atoms with van der Waals surface area (Å²) in [7, 11) is 0. The van der Waals surface area contributed by atoms with Gasteiger partial charge in [0.2, 0.25) is 0 Å². The lowest BCUT2D eigenvalue weighted by atomic mass is 10.2. The van der Waals surface area contributed by atoms with Crippen molar-refractivity contribution in [3.05, 3.63) is 34.3 Å². The van der Waals surface area contributed by atoms with E-state index in [9.17, 15) is 4.79 Å². The molecule has 5 nitrogen and oxygen atoms in total. The van der Waals surface area contributed by atoms with Gasteiger partial charge in [-0.3, -0.25) is 4.98 Å². The van der Waals surface area contributed by atoms with Crippen LogP contribution in [0.4, 0.5) is 0 Å². The highest BCUT2D eigenvalue weighted by Crippen LogP contribution is 2.12. The molecule has 1 aromatic carbocycles. The van der Waals surface area contributed by atoms with Crippen LogP contribution in [0.2, 0.25) is 0 Å². The second kappa shape index (κ2) is 2.85. The summed E-state index contributed by atoms with van der Waals surface area (Å²) in [4.78, 5) is 13.3. The molecule has 13 heavy (non-hydrogen) atoms. The highest BCUT2D eigenvalue weighted by molar-refractivity contribution is 5.72. The topological polar surface area (TPSA) is 82.2 Å². The van der Waals surface area contributed by atoms with Gasteiger partial charge in [0.1, 0.15) is 0 Å². The minimum Gasteiger partial charge on any atom is -0.408 e. The van der Waals surface area contributed by atoms with Gasteiger partial charge in [0.15, 0.2) is 5.58 Å². The fourth-order valence-corrected chi connectivity index (χ4v) is 1.18. The zero-order valence-corrected chi connectivity index (χ0v) is 6.70. The van der Waals surface area contributed by atoms with Gasteiger partial charge in [-0.25, -0.2) is 10.3 Å². The van der Waals surface area contributed by atoms with E-state index in [0.717, 1.165) is 5.56 Å². The minimum absolute atomic E-state index is 0.310. The molecular formula is C8H7N3O2. The maximum absolute atomic E-state index is 10.8. The summed E-state index contributed by atoms with van der Waals surface area (Å²) < 4.78 is 4.84. The fraction of sp³-hybridized carbons (Fsp3) is 0.125. The molecule has 2 N–H and O–H groups in total. The molecule has 1 aromatic heterocycles. The van der Waals surface area contributed by atoms with E-state index in [0.29, 0.717) is 17.6 Å². The highest BCUT2D eigenvalue weighted by Gasteiger charge is 2.00. The zero-order chi connectivity index (χ0) is 9.26. The van der Waals surface area contributed by atoms with E-state index in [4.69, 9.17) is 9.95 Å². The fourth-order valence-electron chi connectivity index (χ4n) is 1.18. The van der Waals surface area contributed by atoms with Gasteiger partial charge in [-0.15, -0.1) is 0 Å². The average molecular weight is 177 g/mol. The summed E-state index contributed by atoms with van der Waals surface area (Å²) in [6, 6.07) is 5.23. The van der Waals surface area contributed by atoms with Crippen LogP contribution in [0.1, 0.15) is 5.56 Å². The molecule has 2 aromatic rings. The monoisotopic (exact) mass is 177 g/mol. The number of hydrogen-bond acceptors (Lipinski definition) is 4. The van der Waals surface area contributed by atoms with Crippen molar-refractivity contribution in [3.63, 3.8) is 0 Å². The molecule has 0 aliphatic rings. The third-order valence-corrected chi connectivity index (χ3v) is 1.75. The Bertz CT molecular complexity index is 497. The molecule has 0 radical (unpaired) electrons. The van der Waals surface area contributed by atoms with Crippen LogP contribution in [-0.2, 0) is 6.54 Å². The van der Waals surface area contributed by atoms with Crippen LogP contribution in [0.15, 0.2) is 32.5 Å². The van der Waals surface area contributed by atoms with Crippen molar-refractivity contribution >= 4 is 11.1 Å². The number of aromatic amines is 1. The van der Waals surface area contributed by atoms with Gasteiger partial charge in [-0.2, -0.15) is 5.11 Å². The lowest BCUT2D eigenvalue weighted by Gasteiger charge is -1.92. The summed E-state index contributed by atoms with van der Waals surface area (Å²) in [5.74, 6) is -0.463. The number of rotatable bonds is 2. The molecule has 0 atom stereocenters. The Kier molecular flexibility index (Phi) is 1.70. The predicted molar refractivity (Wildman–Crippen MR) is 45.7 cm³/mol. The molecule has 66 valence electrons. The van der Waals surface area contributed by atoms with Crippen molar-refractivity contribution in [1.82, 2.24) is 4.98 Å². The molecule has 0 bridgehead atoms. The Morgan fingerprint density at radius 1 is 1.54 bits per heavy atom. The van der Waals surface area contributed by atoms with Gasteiger partial charge in [0.05, 0.1) is 12.1 Å². The summed E-state index contributed by atoms with van der Waals surface area (Å²) in [5, 5.41) is 3.24. The smallest absolute Gasteiger partial charge is 0.408 e. The maximum atomic E-state index is 10.8. The first-order valence-corrected chi connectivity index (χ1v) is 3.74. The third kappa shape index (κ3) is 1.35. The lowest BCUT2D eigenvalue weighted by Crippen LogP contribution is -1.92. The Morgan fingerprint density at radius 3 is 3.15 bits per heavy atom. The van der Waals surface area contributed by atoms with E-state index in [1.165, 1.54) is 0 Å². The van der Waals surface area contributed by atoms with E-state index in [-0.39, 0.29) is 0 Å². The van der Waals surface area contributed by atoms with Crippen molar-refractivity contribution < 1.29 is 4.42 Å². The van der Waals surface area contributed by atoms with E-state index < -0.39 is 5.76 Å². The molecule has 2 rings (SSSR count). The lowest BCUT2D eigenvalue weighted by molar-refractivity contribution is 0.555. The first-order valence-electron chi connectivity index (χ1n) is 3.74. The predicted octanol–water partition coefficient (Wildman–Crippen LogP) is 1.65. The first-order chi connectivity index (χ1) is 6.29. The molecule has 0 saturated heterocycles. The van der Waals surface area contributed by atoms with Crippen molar-refractivity contribution in [3.8, 4) is 0 Å². The number of oxazole rings is 1. The molecule has 0 aliphatic heterocycles. The van der Waals surface area contributed by atoms with Crippen LogP contribution in [-0.4, -0.2) is 4.98 Å². The second-order valence-corrected chi connectivity index (χ2v) is 2.66. The SMILES string of the molecule is N=NCc1ccc2[nH]c(=O)oc2c1. The van der Waals surface area contributed by atoms with E-state index in [2.05, 4.69) is 10.1 Å². The van der Waals surface area contributed by atoms with Crippen molar-refractivity contribution in [1.29, 1.82) is 5.53 Å². The Morgan fingerprint density at radius 2 is 2.38 bits per heavy atom. The van der Waals surface area contributed by atoms with Crippen LogP contribution >= 0.6 is 0 Å². The van der Waals surface area contributed by atoms with E-state index >= 15 is 0 Å². The van der Waals surface area contributed by atoms with Gasteiger partial charge < -0.3 is 4.42 Å². The molecule has 0 spiro atoms. The molecule has 0 fully saturated rings. The highest BCUT2D eigenvalue weighted by atomic mass is 16.4. The average Bonchev–Trinajstić information content (AvgIpc) is 2.44. The minimum atomic E-state index is -0.463. The van der Waals surface area contributed by atoms with Crippen LogP contribution in [0, 0.1) is 5.53 Å². The van der Waals surface area contributed by atoms with Crippen LogP contribution < -0.4 is 5.76 Å².